The van der Waals surface area contributed by atoms with Crippen LogP contribution in [0, 0.1) is 0 Å². The Balaban J connectivity index is 1.68. The molecule has 0 fully saturated rings. The lowest BCUT2D eigenvalue weighted by atomic mass is 10.1. The minimum absolute atomic E-state index is 0.0701. The van der Waals surface area contributed by atoms with E-state index in [2.05, 4.69) is 10.5 Å². The van der Waals surface area contributed by atoms with Gasteiger partial charge in [0.15, 0.2) is 0 Å². The standard InChI is InChI=1S/C11H11N3O2S/c15-11(13-10-2-1-5-17-10)14-4-3-9-8(7-14)6-12-16-9/h1-2,5-6H,3-4,7H2,(H,13,15). The van der Waals surface area contributed by atoms with Crippen LogP contribution in [0.1, 0.15) is 11.3 Å². The number of aromatic nitrogens is 1. The molecule has 0 bridgehead atoms. The first kappa shape index (κ1) is 10.3. The zero-order valence-corrected chi connectivity index (χ0v) is 9.87. The van der Waals surface area contributed by atoms with Gasteiger partial charge >= 0.3 is 6.03 Å². The Labute approximate surface area is 102 Å². The molecule has 0 aliphatic carbocycles. The number of hydrogen-bond acceptors (Lipinski definition) is 4. The number of nitrogens with one attached hydrogen (secondary N) is 1. The topological polar surface area (TPSA) is 58.4 Å². The number of rotatable bonds is 1. The molecular formula is C11H11N3O2S. The summed E-state index contributed by atoms with van der Waals surface area (Å²) in [5.74, 6) is 0.894. The molecule has 3 rings (SSSR count). The van der Waals surface area contributed by atoms with E-state index in [0.29, 0.717) is 13.1 Å². The molecule has 2 aromatic rings. The Hall–Kier alpha value is -1.82. The van der Waals surface area contributed by atoms with Gasteiger partial charge in [0.05, 0.1) is 17.7 Å². The first-order valence-corrected chi connectivity index (χ1v) is 6.23. The molecule has 0 radical (unpaired) electrons. The molecule has 0 aromatic carbocycles. The van der Waals surface area contributed by atoms with Crippen molar-refractivity contribution in [1.29, 1.82) is 0 Å². The summed E-state index contributed by atoms with van der Waals surface area (Å²) in [7, 11) is 0. The van der Waals surface area contributed by atoms with Gasteiger partial charge in [-0.15, -0.1) is 11.3 Å². The molecule has 1 aliphatic heterocycles. The number of carbonyl (C=O) groups excluding carboxylic acids is 1. The molecule has 1 N–H and O–H groups in total. The van der Waals surface area contributed by atoms with E-state index in [0.717, 1.165) is 22.7 Å². The zero-order valence-electron chi connectivity index (χ0n) is 9.05. The Morgan fingerprint density at radius 2 is 2.53 bits per heavy atom. The summed E-state index contributed by atoms with van der Waals surface area (Å²) in [4.78, 5) is 13.7. The lowest BCUT2D eigenvalue weighted by Gasteiger charge is -2.25. The van der Waals surface area contributed by atoms with Crippen LogP contribution in [0.3, 0.4) is 0 Å². The molecule has 0 spiro atoms. The Morgan fingerprint density at radius 1 is 1.59 bits per heavy atom. The highest BCUT2D eigenvalue weighted by molar-refractivity contribution is 7.14. The minimum atomic E-state index is -0.0701. The van der Waals surface area contributed by atoms with Crippen LogP contribution in [-0.4, -0.2) is 22.6 Å². The maximum atomic E-state index is 12.0. The number of nitrogens with zero attached hydrogens (tertiary/aromatic N) is 2. The second kappa shape index (κ2) is 4.21. The molecular weight excluding hydrogens is 238 g/mol. The summed E-state index contributed by atoms with van der Waals surface area (Å²) in [6.45, 7) is 1.23. The predicted octanol–water partition coefficient (Wildman–Crippen LogP) is 2.33. The first-order chi connectivity index (χ1) is 8.33. The van der Waals surface area contributed by atoms with Gasteiger partial charge in [0, 0.05) is 18.5 Å². The van der Waals surface area contributed by atoms with Gasteiger partial charge in [-0.05, 0) is 17.5 Å². The Morgan fingerprint density at radius 3 is 3.35 bits per heavy atom. The molecule has 5 nitrogen and oxygen atoms in total. The van der Waals surface area contributed by atoms with E-state index in [9.17, 15) is 4.79 Å². The fraction of sp³-hybridized carbons (Fsp3) is 0.273. The fourth-order valence-corrected chi connectivity index (χ4v) is 2.46. The lowest BCUT2D eigenvalue weighted by molar-refractivity contribution is 0.203. The third kappa shape index (κ3) is 2.03. The molecule has 0 unspecified atom stereocenters. The van der Waals surface area contributed by atoms with Crippen LogP contribution in [0.4, 0.5) is 9.80 Å². The van der Waals surface area contributed by atoms with Crippen LogP contribution in [0.25, 0.3) is 0 Å². The van der Waals surface area contributed by atoms with Gasteiger partial charge in [-0.1, -0.05) is 5.16 Å². The Kier molecular flexibility index (Phi) is 2.56. The van der Waals surface area contributed by atoms with Gasteiger partial charge < -0.3 is 9.42 Å². The van der Waals surface area contributed by atoms with E-state index in [4.69, 9.17) is 4.52 Å². The Bertz CT molecular complexity index is 521. The van der Waals surface area contributed by atoms with Crippen LogP contribution in [0.15, 0.2) is 28.2 Å². The SMILES string of the molecule is O=C(Nc1cccs1)N1CCc2oncc2C1. The minimum Gasteiger partial charge on any atom is -0.361 e. The van der Waals surface area contributed by atoms with Crippen LogP contribution in [0.2, 0.25) is 0 Å². The van der Waals surface area contributed by atoms with Crippen LogP contribution >= 0.6 is 11.3 Å². The number of urea groups is 1. The lowest BCUT2D eigenvalue weighted by Crippen LogP contribution is -2.38. The number of anilines is 1. The molecule has 0 saturated heterocycles. The second-order valence-corrected chi connectivity index (χ2v) is 4.80. The van der Waals surface area contributed by atoms with Crippen molar-refractivity contribution in [2.24, 2.45) is 0 Å². The molecule has 17 heavy (non-hydrogen) atoms. The van der Waals surface area contributed by atoms with Crippen molar-refractivity contribution in [2.75, 3.05) is 11.9 Å². The van der Waals surface area contributed by atoms with Crippen molar-refractivity contribution < 1.29 is 9.32 Å². The summed E-state index contributed by atoms with van der Waals surface area (Å²) in [6, 6.07) is 3.73. The average Bonchev–Trinajstić information content (AvgIpc) is 2.97. The van der Waals surface area contributed by atoms with Gasteiger partial charge in [0.1, 0.15) is 5.76 Å². The van der Waals surface area contributed by atoms with Crippen molar-refractivity contribution in [3.63, 3.8) is 0 Å². The normalized spacial score (nSPS) is 14.5. The third-order valence-corrected chi connectivity index (χ3v) is 3.52. The molecule has 0 saturated carbocycles. The van der Waals surface area contributed by atoms with Crippen LogP contribution < -0.4 is 5.32 Å². The highest BCUT2D eigenvalue weighted by atomic mass is 32.1. The third-order valence-electron chi connectivity index (χ3n) is 2.74. The maximum absolute atomic E-state index is 12.0. The van der Waals surface area contributed by atoms with Crippen molar-refractivity contribution in [1.82, 2.24) is 10.1 Å². The van der Waals surface area contributed by atoms with Crippen LogP contribution in [0.5, 0.6) is 0 Å². The summed E-state index contributed by atoms with van der Waals surface area (Å²) in [5, 5.41) is 9.41. The number of fused-ring (bicyclic) bond motifs is 1. The molecule has 3 heterocycles. The smallest absolute Gasteiger partial charge is 0.322 e. The maximum Gasteiger partial charge on any atom is 0.322 e. The van der Waals surface area contributed by atoms with Crippen molar-refractivity contribution in [2.45, 2.75) is 13.0 Å². The van der Waals surface area contributed by atoms with E-state index < -0.39 is 0 Å². The largest absolute Gasteiger partial charge is 0.361 e. The summed E-state index contributed by atoms with van der Waals surface area (Å²) < 4.78 is 5.08. The molecule has 1 aliphatic rings. The zero-order chi connectivity index (χ0) is 11.7. The monoisotopic (exact) mass is 249 g/mol. The molecule has 2 amide bonds. The highest BCUT2D eigenvalue weighted by Crippen LogP contribution is 2.20. The van der Waals surface area contributed by atoms with Gasteiger partial charge in [0.25, 0.3) is 0 Å². The molecule has 88 valence electrons. The van der Waals surface area contributed by atoms with E-state index in [-0.39, 0.29) is 6.03 Å². The second-order valence-electron chi connectivity index (χ2n) is 3.85. The summed E-state index contributed by atoms with van der Waals surface area (Å²) in [6.07, 6.45) is 2.41. The number of carbonyl (C=O) groups is 1. The van der Waals surface area contributed by atoms with Crippen molar-refractivity contribution in [3.8, 4) is 0 Å². The van der Waals surface area contributed by atoms with Crippen molar-refractivity contribution in [3.05, 3.63) is 35.0 Å². The quantitative estimate of drug-likeness (QED) is 0.843. The van der Waals surface area contributed by atoms with Gasteiger partial charge in [0.2, 0.25) is 0 Å². The summed E-state index contributed by atoms with van der Waals surface area (Å²) >= 11 is 1.51. The van der Waals surface area contributed by atoms with E-state index in [1.165, 1.54) is 11.3 Å². The summed E-state index contributed by atoms with van der Waals surface area (Å²) in [5.41, 5.74) is 0.998. The van der Waals surface area contributed by atoms with E-state index >= 15 is 0 Å². The average molecular weight is 249 g/mol. The predicted molar refractivity (Wildman–Crippen MR) is 64.0 cm³/mol. The fourth-order valence-electron chi connectivity index (χ4n) is 1.85. The highest BCUT2D eigenvalue weighted by Gasteiger charge is 2.23. The molecule has 6 heteroatoms. The van der Waals surface area contributed by atoms with Crippen LogP contribution in [-0.2, 0) is 13.0 Å². The van der Waals surface area contributed by atoms with E-state index in [1.54, 1.807) is 11.1 Å². The number of thiophene rings is 1. The molecule has 2 aromatic heterocycles. The number of hydrogen-bond donors (Lipinski definition) is 1. The number of amides is 2. The van der Waals surface area contributed by atoms with Gasteiger partial charge in [-0.25, -0.2) is 4.79 Å². The molecule has 0 atom stereocenters. The first-order valence-electron chi connectivity index (χ1n) is 5.35. The van der Waals surface area contributed by atoms with Crippen molar-refractivity contribution >= 4 is 22.4 Å². The van der Waals surface area contributed by atoms with Gasteiger partial charge in [-0.2, -0.15) is 0 Å². The van der Waals surface area contributed by atoms with Gasteiger partial charge in [-0.3, -0.25) is 5.32 Å². The van der Waals surface area contributed by atoms with E-state index in [1.807, 2.05) is 17.5 Å².